The van der Waals surface area contributed by atoms with Gasteiger partial charge < -0.3 is 10.2 Å². The summed E-state index contributed by atoms with van der Waals surface area (Å²) >= 11 is 3.09. The minimum atomic E-state index is -0.529. The number of fused-ring (bicyclic) bond motifs is 2. The van der Waals surface area contributed by atoms with E-state index in [1.165, 1.54) is 25.0 Å². The summed E-state index contributed by atoms with van der Waals surface area (Å²) < 4.78 is 28.0. The first-order chi connectivity index (χ1) is 9.04. The number of hydrogen-bond acceptors (Lipinski definition) is 2. The molecular weight excluding hydrogens is 314 g/mol. The highest BCUT2D eigenvalue weighted by molar-refractivity contribution is 9.10. The maximum atomic E-state index is 13.8. The lowest BCUT2D eigenvalue weighted by molar-refractivity contribution is 0.168. The van der Waals surface area contributed by atoms with E-state index in [0.717, 1.165) is 12.8 Å². The molecule has 19 heavy (non-hydrogen) atoms. The van der Waals surface area contributed by atoms with Gasteiger partial charge in [0.1, 0.15) is 17.3 Å². The van der Waals surface area contributed by atoms with Crippen molar-refractivity contribution in [1.29, 1.82) is 0 Å². The average molecular weight is 331 g/mol. The standard InChI is InChI=1S/C14H17BrF2N2/c1-19-10-2-3-11(19)7-9(6-10)18-14-12(16)4-8(15)5-13(14)17/h4-5,9-11,18H,2-3,6-7H2,1H3. The van der Waals surface area contributed by atoms with Gasteiger partial charge >= 0.3 is 0 Å². The zero-order valence-corrected chi connectivity index (χ0v) is 12.4. The smallest absolute Gasteiger partial charge is 0.150 e. The van der Waals surface area contributed by atoms with Gasteiger partial charge in [0.05, 0.1) is 0 Å². The molecule has 2 aliphatic heterocycles. The Morgan fingerprint density at radius 3 is 2.21 bits per heavy atom. The highest BCUT2D eigenvalue weighted by atomic mass is 79.9. The number of halogens is 3. The van der Waals surface area contributed by atoms with Gasteiger partial charge in [-0.05, 0) is 44.9 Å². The molecule has 2 fully saturated rings. The van der Waals surface area contributed by atoms with Crippen LogP contribution in [0.25, 0.3) is 0 Å². The maximum absolute atomic E-state index is 13.8. The number of hydrogen-bond donors (Lipinski definition) is 1. The Balaban J connectivity index is 1.76. The SMILES string of the molecule is CN1C2CCC1CC(Nc1c(F)cc(Br)cc1F)C2. The van der Waals surface area contributed by atoms with E-state index in [4.69, 9.17) is 0 Å². The van der Waals surface area contributed by atoms with E-state index in [2.05, 4.69) is 33.2 Å². The Bertz CT molecular complexity index is 457. The number of benzene rings is 1. The predicted octanol–water partition coefficient (Wildman–Crippen LogP) is 3.76. The van der Waals surface area contributed by atoms with Gasteiger partial charge in [-0.25, -0.2) is 8.78 Å². The fourth-order valence-electron chi connectivity index (χ4n) is 3.41. The zero-order chi connectivity index (χ0) is 13.6. The van der Waals surface area contributed by atoms with E-state index in [0.29, 0.717) is 16.6 Å². The van der Waals surface area contributed by atoms with Gasteiger partial charge in [0.15, 0.2) is 0 Å². The number of nitrogens with zero attached hydrogens (tertiary/aromatic N) is 1. The fraction of sp³-hybridized carbons (Fsp3) is 0.571. The molecule has 0 amide bonds. The summed E-state index contributed by atoms with van der Waals surface area (Å²) in [5, 5.41) is 3.07. The summed E-state index contributed by atoms with van der Waals surface area (Å²) in [5.74, 6) is -1.06. The summed E-state index contributed by atoms with van der Waals surface area (Å²) in [5.41, 5.74) is 0.0113. The summed E-state index contributed by atoms with van der Waals surface area (Å²) in [6.07, 6.45) is 4.32. The van der Waals surface area contributed by atoms with Crippen LogP contribution in [0, 0.1) is 11.6 Å². The van der Waals surface area contributed by atoms with E-state index in [-0.39, 0.29) is 11.7 Å². The molecule has 3 rings (SSSR count). The van der Waals surface area contributed by atoms with Gasteiger partial charge in [0.25, 0.3) is 0 Å². The van der Waals surface area contributed by atoms with Crippen molar-refractivity contribution < 1.29 is 8.78 Å². The molecule has 1 N–H and O–H groups in total. The minimum Gasteiger partial charge on any atom is -0.377 e. The van der Waals surface area contributed by atoms with Gasteiger partial charge in [-0.15, -0.1) is 0 Å². The number of anilines is 1. The average Bonchev–Trinajstić information content (AvgIpc) is 2.58. The fourth-order valence-corrected chi connectivity index (χ4v) is 3.82. The van der Waals surface area contributed by atoms with Crippen LogP contribution in [-0.2, 0) is 0 Å². The van der Waals surface area contributed by atoms with Crippen molar-refractivity contribution in [2.45, 2.75) is 43.8 Å². The Labute approximate surface area is 120 Å². The lowest BCUT2D eigenvalue weighted by Gasteiger charge is -2.37. The first kappa shape index (κ1) is 13.3. The lowest BCUT2D eigenvalue weighted by Crippen LogP contribution is -2.44. The van der Waals surface area contributed by atoms with E-state index in [1.807, 2.05) is 0 Å². The van der Waals surface area contributed by atoms with E-state index in [9.17, 15) is 8.78 Å². The molecule has 0 spiro atoms. The molecule has 1 aromatic rings. The highest BCUT2D eigenvalue weighted by Gasteiger charge is 2.38. The molecule has 2 nitrogen and oxygen atoms in total. The molecule has 0 saturated carbocycles. The quantitative estimate of drug-likeness (QED) is 0.888. The van der Waals surface area contributed by atoms with Gasteiger partial charge in [-0.3, -0.25) is 0 Å². The molecule has 2 bridgehead atoms. The summed E-state index contributed by atoms with van der Waals surface area (Å²) in [6.45, 7) is 0. The van der Waals surface area contributed by atoms with Crippen molar-refractivity contribution in [3.63, 3.8) is 0 Å². The van der Waals surface area contributed by atoms with Gasteiger partial charge in [-0.1, -0.05) is 15.9 Å². The van der Waals surface area contributed by atoms with Crippen LogP contribution in [0.1, 0.15) is 25.7 Å². The monoisotopic (exact) mass is 330 g/mol. The highest BCUT2D eigenvalue weighted by Crippen LogP contribution is 2.36. The molecule has 2 heterocycles. The summed E-state index contributed by atoms with van der Waals surface area (Å²) in [6, 6.07) is 3.87. The Hall–Kier alpha value is -0.680. The second-order valence-corrected chi connectivity index (χ2v) is 6.52. The third kappa shape index (κ3) is 2.50. The van der Waals surface area contributed by atoms with Crippen LogP contribution in [0.15, 0.2) is 16.6 Å². The van der Waals surface area contributed by atoms with Crippen LogP contribution in [0.5, 0.6) is 0 Å². The molecule has 2 unspecified atom stereocenters. The number of nitrogens with one attached hydrogen (secondary N) is 1. The van der Waals surface area contributed by atoms with Crippen molar-refractivity contribution in [2.24, 2.45) is 0 Å². The van der Waals surface area contributed by atoms with Crippen LogP contribution < -0.4 is 5.32 Å². The number of rotatable bonds is 2. The molecule has 104 valence electrons. The molecule has 2 aliphatic rings. The second kappa shape index (κ2) is 5.02. The molecule has 2 saturated heterocycles. The predicted molar refractivity (Wildman–Crippen MR) is 75.3 cm³/mol. The molecule has 2 atom stereocenters. The minimum absolute atomic E-state index is 0.0113. The molecule has 0 radical (unpaired) electrons. The first-order valence-electron chi connectivity index (χ1n) is 6.67. The zero-order valence-electron chi connectivity index (χ0n) is 10.8. The topological polar surface area (TPSA) is 15.3 Å². The first-order valence-corrected chi connectivity index (χ1v) is 7.47. The Kier molecular flexibility index (Phi) is 3.52. The van der Waals surface area contributed by atoms with Gasteiger partial charge in [-0.2, -0.15) is 0 Å². The molecule has 0 aliphatic carbocycles. The van der Waals surface area contributed by atoms with Gasteiger partial charge in [0, 0.05) is 22.6 Å². The Morgan fingerprint density at radius 1 is 1.16 bits per heavy atom. The van der Waals surface area contributed by atoms with Crippen molar-refractivity contribution >= 4 is 21.6 Å². The van der Waals surface area contributed by atoms with E-state index < -0.39 is 11.6 Å². The van der Waals surface area contributed by atoms with Crippen LogP contribution in [0.3, 0.4) is 0 Å². The maximum Gasteiger partial charge on any atom is 0.150 e. The van der Waals surface area contributed by atoms with E-state index in [1.54, 1.807) is 0 Å². The van der Waals surface area contributed by atoms with Crippen LogP contribution >= 0.6 is 15.9 Å². The molecule has 5 heteroatoms. The van der Waals surface area contributed by atoms with Crippen LogP contribution in [-0.4, -0.2) is 30.1 Å². The van der Waals surface area contributed by atoms with Crippen molar-refractivity contribution in [1.82, 2.24) is 4.90 Å². The summed E-state index contributed by atoms with van der Waals surface area (Å²) in [7, 11) is 2.15. The second-order valence-electron chi connectivity index (χ2n) is 5.61. The third-order valence-electron chi connectivity index (χ3n) is 4.45. The lowest BCUT2D eigenvalue weighted by atomic mass is 9.97. The van der Waals surface area contributed by atoms with Crippen molar-refractivity contribution in [3.8, 4) is 0 Å². The molecule has 0 aromatic heterocycles. The number of piperidine rings is 1. The largest absolute Gasteiger partial charge is 0.377 e. The molecule has 1 aromatic carbocycles. The normalized spacial score (nSPS) is 30.6. The van der Waals surface area contributed by atoms with Crippen LogP contribution in [0.4, 0.5) is 14.5 Å². The molecular formula is C14H17BrF2N2. The van der Waals surface area contributed by atoms with Crippen LogP contribution in [0.2, 0.25) is 0 Å². The summed E-state index contributed by atoms with van der Waals surface area (Å²) in [4.78, 5) is 2.41. The van der Waals surface area contributed by atoms with Crippen molar-refractivity contribution in [2.75, 3.05) is 12.4 Å². The van der Waals surface area contributed by atoms with Gasteiger partial charge in [0.2, 0.25) is 0 Å². The third-order valence-corrected chi connectivity index (χ3v) is 4.91. The van der Waals surface area contributed by atoms with E-state index >= 15 is 0 Å². The Morgan fingerprint density at radius 2 is 1.68 bits per heavy atom. The van der Waals surface area contributed by atoms with Crippen molar-refractivity contribution in [3.05, 3.63) is 28.2 Å².